The molecule has 6 nitrogen and oxygen atoms in total. The van der Waals surface area contributed by atoms with Gasteiger partial charge in [0.05, 0.1) is 15.7 Å². The van der Waals surface area contributed by atoms with Crippen LogP contribution in [0.1, 0.15) is 27.8 Å². The van der Waals surface area contributed by atoms with Crippen molar-refractivity contribution in [2.45, 2.75) is 6.92 Å². The van der Waals surface area contributed by atoms with Gasteiger partial charge in [0.1, 0.15) is 5.69 Å². The number of anilines is 1. The van der Waals surface area contributed by atoms with E-state index in [-0.39, 0.29) is 27.2 Å². The van der Waals surface area contributed by atoms with E-state index in [1.165, 1.54) is 23.8 Å². The van der Waals surface area contributed by atoms with Crippen LogP contribution in [0.25, 0.3) is 0 Å². The maximum atomic E-state index is 12.0. The van der Waals surface area contributed by atoms with Gasteiger partial charge >= 0.3 is 5.97 Å². The molecule has 24 heavy (non-hydrogen) atoms. The Morgan fingerprint density at radius 1 is 1.21 bits per heavy atom. The molecule has 1 aromatic carbocycles. The van der Waals surface area contributed by atoms with Crippen molar-refractivity contribution in [1.29, 1.82) is 0 Å². The summed E-state index contributed by atoms with van der Waals surface area (Å²) in [6.07, 6.45) is 1.52. The molecule has 0 saturated carbocycles. The molecule has 0 fully saturated rings. The Morgan fingerprint density at radius 2 is 1.83 bits per heavy atom. The van der Waals surface area contributed by atoms with E-state index in [4.69, 9.17) is 27.9 Å². The number of benzene rings is 1. The molecule has 1 amide bonds. The first-order valence-electron chi connectivity index (χ1n) is 6.88. The summed E-state index contributed by atoms with van der Waals surface area (Å²) in [7, 11) is 1.60. The van der Waals surface area contributed by atoms with Crippen molar-refractivity contribution in [3.8, 4) is 0 Å². The highest BCUT2D eigenvalue weighted by Crippen LogP contribution is 2.29. The molecule has 2 rings (SSSR count). The van der Waals surface area contributed by atoms with E-state index in [1.807, 2.05) is 0 Å². The highest BCUT2D eigenvalue weighted by Gasteiger charge is 2.17. The van der Waals surface area contributed by atoms with Crippen LogP contribution in [0.2, 0.25) is 10.0 Å². The molecule has 0 saturated heterocycles. The van der Waals surface area contributed by atoms with Gasteiger partial charge in [-0.1, -0.05) is 29.3 Å². The standard InChI is InChI=1S/C16H14Cl2N2O4/c1-9(21)10-6-13(20(2)7-10)16(23)24-8-14(22)19-15-11(17)4-3-5-12(15)18/h3-7H,8H2,1-2H3,(H,19,22). The zero-order chi connectivity index (χ0) is 17.9. The molecule has 0 bridgehead atoms. The molecule has 1 N–H and O–H groups in total. The molecule has 0 radical (unpaired) electrons. The van der Waals surface area contributed by atoms with Crippen LogP contribution in [0, 0.1) is 0 Å². The summed E-state index contributed by atoms with van der Waals surface area (Å²) in [6, 6.07) is 6.19. The maximum absolute atomic E-state index is 12.0. The molecular formula is C16H14Cl2N2O4. The van der Waals surface area contributed by atoms with Gasteiger partial charge in [-0.05, 0) is 25.1 Å². The molecule has 126 valence electrons. The number of carbonyl (C=O) groups is 3. The molecule has 1 aromatic heterocycles. The quantitative estimate of drug-likeness (QED) is 0.648. The van der Waals surface area contributed by atoms with E-state index in [1.54, 1.807) is 25.2 Å². The van der Waals surface area contributed by atoms with Crippen molar-refractivity contribution in [2.75, 3.05) is 11.9 Å². The largest absolute Gasteiger partial charge is 0.451 e. The van der Waals surface area contributed by atoms with Crippen molar-refractivity contribution in [3.63, 3.8) is 0 Å². The van der Waals surface area contributed by atoms with Gasteiger partial charge in [0.15, 0.2) is 12.4 Å². The summed E-state index contributed by atoms with van der Waals surface area (Å²) in [5.41, 5.74) is 0.806. The lowest BCUT2D eigenvalue weighted by atomic mass is 10.2. The van der Waals surface area contributed by atoms with Gasteiger partial charge in [-0.25, -0.2) is 4.79 Å². The highest BCUT2D eigenvalue weighted by molar-refractivity contribution is 6.39. The number of para-hydroxylation sites is 1. The van der Waals surface area contributed by atoms with E-state index in [9.17, 15) is 14.4 Å². The number of carbonyl (C=O) groups excluding carboxylic acids is 3. The summed E-state index contributed by atoms with van der Waals surface area (Å²) in [5.74, 6) is -1.47. The third-order valence-corrected chi connectivity index (χ3v) is 3.81. The number of ketones is 1. The lowest BCUT2D eigenvalue weighted by molar-refractivity contribution is -0.119. The Hall–Kier alpha value is -2.31. The molecule has 0 aliphatic carbocycles. The summed E-state index contributed by atoms with van der Waals surface area (Å²) in [6.45, 7) is 0.881. The summed E-state index contributed by atoms with van der Waals surface area (Å²) in [5, 5.41) is 3.03. The van der Waals surface area contributed by atoms with Crippen molar-refractivity contribution < 1.29 is 19.1 Å². The number of aryl methyl sites for hydroxylation is 1. The average molecular weight is 369 g/mol. The van der Waals surface area contributed by atoms with Crippen LogP contribution in [0.5, 0.6) is 0 Å². The molecule has 1 heterocycles. The monoisotopic (exact) mass is 368 g/mol. The second-order valence-corrected chi connectivity index (χ2v) is 5.82. The van der Waals surface area contributed by atoms with Crippen LogP contribution in [-0.4, -0.2) is 28.8 Å². The smallest absolute Gasteiger partial charge is 0.355 e. The predicted octanol–water partition coefficient (Wildman–Crippen LogP) is 3.33. The van der Waals surface area contributed by atoms with Crippen LogP contribution < -0.4 is 5.32 Å². The fraction of sp³-hybridized carbons (Fsp3) is 0.188. The topological polar surface area (TPSA) is 77.4 Å². The average Bonchev–Trinajstić information content (AvgIpc) is 2.91. The fourth-order valence-corrected chi connectivity index (χ4v) is 2.45. The Kier molecular flexibility index (Phi) is 5.64. The van der Waals surface area contributed by atoms with Crippen LogP contribution >= 0.6 is 23.2 Å². The minimum Gasteiger partial charge on any atom is -0.451 e. The maximum Gasteiger partial charge on any atom is 0.355 e. The molecule has 0 spiro atoms. The number of rotatable bonds is 5. The molecule has 0 unspecified atom stereocenters. The number of hydrogen-bond donors (Lipinski definition) is 1. The SMILES string of the molecule is CC(=O)c1cc(C(=O)OCC(=O)Nc2c(Cl)cccc2Cl)n(C)c1. The zero-order valence-electron chi connectivity index (χ0n) is 12.9. The van der Waals surface area contributed by atoms with Crippen LogP contribution in [0.15, 0.2) is 30.5 Å². The van der Waals surface area contributed by atoms with Crippen molar-refractivity contribution in [1.82, 2.24) is 4.57 Å². The van der Waals surface area contributed by atoms with Gasteiger partial charge in [0, 0.05) is 18.8 Å². The molecular weight excluding hydrogens is 355 g/mol. The Balaban J connectivity index is 1.99. The highest BCUT2D eigenvalue weighted by atomic mass is 35.5. The van der Waals surface area contributed by atoms with Crippen LogP contribution in [-0.2, 0) is 16.6 Å². The van der Waals surface area contributed by atoms with Crippen LogP contribution in [0.3, 0.4) is 0 Å². The lowest BCUT2D eigenvalue weighted by Gasteiger charge is -2.09. The number of ether oxygens (including phenoxy) is 1. The van der Waals surface area contributed by atoms with Gasteiger partial charge < -0.3 is 14.6 Å². The predicted molar refractivity (Wildman–Crippen MR) is 90.8 cm³/mol. The summed E-state index contributed by atoms with van der Waals surface area (Å²) in [4.78, 5) is 35.2. The van der Waals surface area contributed by atoms with E-state index in [2.05, 4.69) is 5.32 Å². The van der Waals surface area contributed by atoms with E-state index < -0.39 is 18.5 Å². The number of aromatic nitrogens is 1. The number of halogens is 2. The molecule has 0 aliphatic rings. The second-order valence-electron chi connectivity index (χ2n) is 5.00. The molecule has 0 aliphatic heterocycles. The van der Waals surface area contributed by atoms with Gasteiger partial charge in [-0.15, -0.1) is 0 Å². The first kappa shape index (κ1) is 18.0. The second kappa shape index (κ2) is 7.51. The molecule has 8 heteroatoms. The summed E-state index contributed by atoms with van der Waals surface area (Å²) >= 11 is 11.9. The first-order valence-corrected chi connectivity index (χ1v) is 7.63. The van der Waals surface area contributed by atoms with Crippen molar-refractivity contribution in [2.24, 2.45) is 7.05 Å². The van der Waals surface area contributed by atoms with Gasteiger partial charge in [0.2, 0.25) is 0 Å². The van der Waals surface area contributed by atoms with E-state index in [0.29, 0.717) is 5.56 Å². The van der Waals surface area contributed by atoms with E-state index in [0.717, 1.165) is 0 Å². The fourth-order valence-electron chi connectivity index (χ4n) is 1.96. The van der Waals surface area contributed by atoms with Crippen molar-refractivity contribution in [3.05, 3.63) is 51.8 Å². The van der Waals surface area contributed by atoms with Crippen molar-refractivity contribution >= 4 is 46.5 Å². The Bertz CT molecular complexity index is 794. The number of amides is 1. The molecule has 0 atom stereocenters. The molecule has 2 aromatic rings. The van der Waals surface area contributed by atoms with Crippen LogP contribution in [0.4, 0.5) is 5.69 Å². The number of hydrogen-bond acceptors (Lipinski definition) is 4. The number of Topliss-reactive ketones (excluding diaryl/α,β-unsaturated/α-hetero) is 1. The number of esters is 1. The normalized spacial score (nSPS) is 10.3. The zero-order valence-corrected chi connectivity index (χ0v) is 14.4. The third kappa shape index (κ3) is 4.15. The van der Waals surface area contributed by atoms with E-state index >= 15 is 0 Å². The third-order valence-electron chi connectivity index (χ3n) is 3.18. The number of nitrogens with one attached hydrogen (secondary N) is 1. The minimum absolute atomic E-state index is 0.170. The first-order chi connectivity index (χ1) is 11.3. The lowest BCUT2D eigenvalue weighted by Crippen LogP contribution is -2.22. The van der Waals surface area contributed by atoms with Gasteiger partial charge in [0.25, 0.3) is 5.91 Å². The number of nitrogens with zero attached hydrogens (tertiary/aromatic N) is 1. The Morgan fingerprint density at radius 3 is 2.38 bits per heavy atom. The minimum atomic E-state index is -0.717. The summed E-state index contributed by atoms with van der Waals surface area (Å²) < 4.78 is 6.41. The van der Waals surface area contributed by atoms with Gasteiger partial charge in [-0.3, -0.25) is 9.59 Å². The Labute approximate surface area is 148 Å². The van der Waals surface area contributed by atoms with Gasteiger partial charge in [-0.2, -0.15) is 0 Å².